The van der Waals surface area contributed by atoms with Gasteiger partial charge in [-0.05, 0) is 24.7 Å². The average Bonchev–Trinajstić information content (AvgIpc) is 2.80. The summed E-state index contributed by atoms with van der Waals surface area (Å²) in [7, 11) is 2.11. The number of β-amino-alcohol motifs (C(OH)–C–C–N with tert-alkyl or cyclic N) is 1. The normalized spacial score (nSPS) is 19.5. The number of likely N-dealkylation sites (N-methyl/N-ethyl adjacent to an activating group) is 1. The predicted octanol–water partition coefficient (Wildman–Crippen LogP) is 0.402. The molecule has 1 unspecified atom stereocenters. The van der Waals surface area contributed by atoms with Crippen LogP contribution < -0.4 is 5.76 Å². The number of fused-ring (bicyclic) bond motifs is 1. The van der Waals surface area contributed by atoms with Gasteiger partial charge >= 0.3 is 5.76 Å². The molecule has 1 saturated heterocycles. The van der Waals surface area contributed by atoms with Gasteiger partial charge in [-0.3, -0.25) is 9.88 Å². The molecule has 108 valence electrons. The predicted molar refractivity (Wildman–Crippen MR) is 75.7 cm³/mol. The molecule has 2 N–H and O–H groups in total. The van der Waals surface area contributed by atoms with E-state index in [0.717, 1.165) is 31.7 Å². The van der Waals surface area contributed by atoms with Gasteiger partial charge < -0.3 is 14.4 Å². The van der Waals surface area contributed by atoms with Crippen molar-refractivity contribution in [2.24, 2.45) is 0 Å². The lowest BCUT2D eigenvalue weighted by atomic mass is 10.1. The van der Waals surface area contributed by atoms with Crippen molar-refractivity contribution in [3.05, 3.63) is 34.3 Å². The number of nitrogens with zero attached hydrogens (tertiary/aromatic N) is 2. The maximum Gasteiger partial charge on any atom is 0.417 e. The largest absolute Gasteiger partial charge is 0.417 e. The molecule has 0 radical (unpaired) electrons. The summed E-state index contributed by atoms with van der Waals surface area (Å²) in [6.45, 7) is 4.59. The van der Waals surface area contributed by atoms with Gasteiger partial charge in [0.25, 0.3) is 0 Å². The minimum absolute atomic E-state index is 0.467. The monoisotopic (exact) mass is 277 g/mol. The van der Waals surface area contributed by atoms with Gasteiger partial charge in [0.2, 0.25) is 0 Å². The maximum absolute atomic E-state index is 11.1. The quantitative estimate of drug-likeness (QED) is 0.850. The molecule has 0 amide bonds. The molecule has 3 rings (SSSR count). The molecule has 1 fully saturated rings. The van der Waals surface area contributed by atoms with Crippen molar-refractivity contribution in [3.8, 4) is 0 Å². The molecule has 1 atom stereocenters. The van der Waals surface area contributed by atoms with Gasteiger partial charge in [-0.2, -0.15) is 0 Å². The van der Waals surface area contributed by atoms with Gasteiger partial charge in [0.05, 0.1) is 11.6 Å². The van der Waals surface area contributed by atoms with E-state index in [1.165, 1.54) is 0 Å². The zero-order chi connectivity index (χ0) is 14.1. The SMILES string of the molecule is CN1CCN(CC(O)c2ccc3[nH]c(=O)oc3c2)CC1. The molecule has 1 aliphatic rings. The van der Waals surface area contributed by atoms with Crippen LogP contribution in [0.1, 0.15) is 11.7 Å². The summed E-state index contributed by atoms with van der Waals surface area (Å²) in [6.07, 6.45) is -0.567. The van der Waals surface area contributed by atoms with E-state index in [1.807, 2.05) is 6.07 Å². The standard InChI is InChI=1S/C14H19N3O3/c1-16-4-6-17(7-5-16)9-12(18)10-2-3-11-13(8-10)20-14(19)15-11/h2-3,8,12,18H,4-7,9H2,1H3,(H,15,19). The number of hydrogen-bond acceptors (Lipinski definition) is 5. The van der Waals surface area contributed by atoms with Gasteiger partial charge in [-0.1, -0.05) is 6.07 Å². The molecular weight excluding hydrogens is 258 g/mol. The van der Waals surface area contributed by atoms with Crippen LogP contribution in [-0.4, -0.2) is 59.7 Å². The number of hydrogen-bond donors (Lipinski definition) is 2. The lowest BCUT2D eigenvalue weighted by Crippen LogP contribution is -2.45. The number of aliphatic hydroxyl groups is 1. The molecule has 1 aromatic heterocycles. The van der Waals surface area contributed by atoms with E-state index in [-0.39, 0.29) is 0 Å². The number of aromatic amines is 1. The van der Waals surface area contributed by atoms with Crippen LogP contribution in [0.3, 0.4) is 0 Å². The Balaban J connectivity index is 1.71. The Morgan fingerprint density at radius 1 is 1.35 bits per heavy atom. The smallest absolute Gasteiger partial charge is 0.408 e. The molecule has 0 bridgehead atoms. The van der Waals surface area contributed by atoms with Crippen molar-refractivity contribution >= 4 is 11.1 Å². The van der Waals surface area contributed by atoms with Crippen LogP contribution >= 0.6 is 0 Å². The summed E-state index contributed by atoms with van der Waals surface area (Å²) in [4.78, 5) is 18.2. The fourth-order valence-corrected chi connectivity index (χ4v) is 2.55. The highest BCUT2D eigenvalue weighted by molar-refractivity contribution is 5.72. The second kappa shape index (κ2) is 5.40. The highest BCUT2D eigenvalue weighted by Gasteiger charge is 2.18. The van der Waals surface area contributed by atoms with E-state index in [9.17, 15) is 9.90 Å². The highest BCUT2D eigenvalue weighted by Crippen LogP contribution is 2.19. The summed E-state index contributed by atoms with van der Waals surface area (Å²) in [5, 5.41) is 10.3. The van der Waals surface area contributed by atoms with E-state index in [1.54, 1.807) is 12.1 Å². The first kappa shape index (κ1) is 13.4. The van der Waals surface area contributed by atoms with Crippen LogP contribution in [0.4, 0.5) is 0 Å². The molecular formula is C14H19N3O3. The number of benzene rings is 1. The molecule has 0 saturated carbocycles. The summed E-state index contributed by atoms with van der Waals surface area (Å²) in [5.74, 6) is -0.467. The fraction of sp³-hybridized carbons (Fsp3) is 0.500. The van der Waals surface area contributed by atoms with Gasteiger partial charge in [-0.15, -0.1) is 0 Å². The summed E-state index contributed by atoms with van der Waals surface area (Å²) in [5.41, 5.74) is 1.93. The number of H-pyrrole nitrogens is 1. The van der Waals surface area contributed by atoms with E-state index in [4.69, 9.17) is 4.42 Å². The number of rotatable bonds is 3. The Kier molecular flexibility index (Phi) is 3.60. The lowest BCUT2D eigenvalue weighted by Gasteiger charge is -2.33. The maximum atomic E-state index is 11.1. The molecule has 2 aromatic rings. The number of aromatic nitrogens is 1. The zero-order valence-corrected chi connectivity index (χ0v) is 11.5. The fourth-order valence-electron chi connectivity index (χ4n) is 2.55. The Hall–Kier alpha value is -1.63. The molecule has 20 heavy (non-hydrogen) atoms. The van der Waals surface area contributed by atoms with Crippen LogP contribution in [0, 0.1) is 0 Å². The van der Waals surface area contributed by atoms with E-state index >= 15 is 0 Å². The van der Waals surface area contributed by atoms with Crippen molar-refractivity contribution in [3.63, 3.8) is 0 Å². The van der Waals surface area contributed by atoms with Gasteiger partial charge in [0.1, 0.15) is 0 Å². The number of aliphatic hydroxyl groups excluding tert-OH is 1. The molecule has 2 heterocycles. The minimum Gasteiger partial charge on any atom is -0.408 e. The molecule has 1 aliphatic heterocycles. The van der Waals surface area contributed by atoms with Crippen molar-refractivity contribution < 1.29 is 9.52 Å². The number of nitrogens with one attached hydrogen (secondary N) is 1. The molecule has 1 aromatic carbocycles. The van der Waals surface area contributed by atoms with Gasteiger partial charge in [-0.25, -0.2) is 4.79 Å². The Morgan fingerprint density at radius 3 is 2.85 bits per heavy atom. The third-order valence-electron chi connectivity index (χ3n) is 3.86. The zero-order valence-electron chi connectivity index (χ0n) is 11.5. The average molecular weight is 277 g/mol. The Labute approximate surface area is 116 Å². The molecule has 0 spiro atoms. The first-order chi connectivity index (χ1) is 9.61. The van der Waals surface area contributed by atoms with Crippen molar-refractivity contribution in [2.45, 2.75) is 6.10 Å². The van der Waals surface area contributed by atoms with E-state index < -0.39 is 11.9 Å². The molecule has 0 aliphatic carbocycles. The van der Waals surface area contributed by atoms with Gasteiger partial charge in [0, 0.05) is 32.7 Å². The van der Waals surface area contributed by atoms with Crippen LogP contribution in [-0.2, 0) is 0 Å². The minimum atomic E-state index is -0.567. The van der Waals surface area contributed by atoms with E-state index in [2.05, 4.69) is 21.8 Å². The second-order valence-electron chi connectivity index (χ2n) is 5.39. The summed E-state index contributed by atoms with van der Waals surface area (Å²) in [6, 6.07) is 5.32. The topological polar surface area (TPSA) is 72.7 Å². The summed E-state index contributed by atoms with van der Waals surface area (Å²) >= 11 is 0. The first-order valence-electron chi connectivity index (χ1n) is 6.83. The van der Waals surface area contributed by atoms with E-state index in [0.29, 0.717) is 17.6 Å². The molecule has 6 nitrogen and oxygen atoms in total. The lowest BCUT2D eigenvalue weighted by molar-refractivity contribution is 0.0805. The third-order valence-corrected chi connectivity index (χ3v) is 3.86. The van der Waals surface area contributed by atoms with Crippen LogP contribution in [0.2, 0.25) is 0 Å². The van der Waals surface area contributed by atoms with Crippen molar-refractivity contribution in [1.82, 2.24) is 14.8 Å². The van der Waals surface area contributed by atoms with Crippen LogP contribution in [0.15, 0.2) is 27.4 Å². The molecule has 6 heteroatoms. The van der Waals surface area contributed by atoms with Crippen molar-refractivity contribution in [1.29, 1.82) is 0 Å². The van der Waals surface area contributed by atoms with Crippen LogP contribution in [0.25, 0.3) is 11.1 Å². The highest BCUT2D eigenvalue weighted by atomic mass is 16.4. The van der Waals surface area contributed by atoms with Crippen LogP contribution in [0.5, 0.6) is 0 Å². The number of piperazine rings is 1. The Bertz CT molecular complexity index is 640. The Morgan fingerprint density at radius 2 is 2.10 bits per heavy atom. The second-order valence-corrected chi connectivity index (χ2v) is 5.39. The van der Waals surface area contributed by atoms with Crippen molar-refractivity contribution in [2.75, 3.05) is 39.8 Å². The van der Waals surface area contributed by atoms with Gasteiger partial charge in [0.15, 0.2) is 5.58 Å². The first-order valence-corrected chi connectivity index (χ1v) is 6.83. The summed E-state index contributed by atoms with van der Waals surface area (Å²) < 4.78 is 5.02. The number of oxazole rings is 1. The third kappa shape index (κ3) is 2.77.